The maximum Gasteiger partial charge on any atom is 0.0963 e. The Kier molecular flexibility index (Phi) is 5.70. The van der Waals surface area contributed by atoms with Gasteiger partial charge in [0.1, 0.15) is 0 Å². The van der Waals surface area contributed by atoms with Crippen LogP contribution in [0.2, 0.25) is 0 Å². The van der Waals surface area contributed by atoms with Crippen LogP contribution in [0.3, 0.4) is 0 Å². The average molecular weight is 280 g/mol. The molecule has 0 amide bonds. The highest BCUT2D eigenvalue weighted by atomic mass is 35.5. The minimum Gasteiger partial charge on any atom is -0.250 e. The number of rotatable bonds is 3. The van der Waals surface area contributed by atoms with Crippen molar-refractivity contribution in [2.24, 2.45) is 0 Å². The third-order valence-corrected chi connectivity index (χ3v) is 3.81. The van der Waals surface area contributed by atoms with Crippen molar-refractivity contribution in [3.05, 3.63) is 58.8 Å². The predicted octanol–water partition coefficient (Wildman–Crippen LogP) is 4.72. The van der Waals surface area contributed by atoms with Crippen molar-refractivity contribution >= 4 is 24.2 Å². The summed E-state index contributed by atoms with van der Waals surface area (Å²) in [5.41, 5.74) is 5.54. The number of pyridine rings is 1. The van der Waals surface area contributed by atoms with Crippen molar-refractivity contribution in [1.82, 2.24) is 4.98 Å². The number of thioether (sulfide) groups is 1. The Morgan fingerprint density at radius 2 is 1.72 bits per heavy atom. The van der Waals surface area contributed by atoms with E-state index >= 15 is 0 Å². The summed E-state index contributed by atoms with van der Waals surface area (Å²) in [5.74, 6) is 0.995. The first-order valence-electron chi connectivity index (χ1n) is 5.77. The van der Waals surface area contributed by atoms with Crippen LogP contribution in [0.5, 0.6) is 0 Å². The zero-order chi connectivity index (χ0) is 12.3. The Morgan fingerprint density at radius 3 is 2.28 bits per heavy atom. The SMILES string of the molecule is Cc1cc(C)c(CSc2ccccn2)c(C)c1.Cl. The van der Waals surface area contributed by atoms with Gasteiger partial charge in [0.05, 0.1) is 5.03 Å². The Balaban J connectivity index is 0.00000162. The van der Waals surface area contributed by atoms with Gasteiger partial charge in [-0.2, -0.15) is 0 Å². The summed E-state index contributed by atoms with van der Waals surface area (Å²) < 4.78 is 0. The molecule has 1 heterocycles. The molecule has 2 aromatic rings. The summed E-state index contributed by atoms with van der Waals surface area (Å²) in [6.45, 7) is 6.53. The zero-order valence-electron chi connectivity index (χ0n) is 10.9. The fourth-order valence-corrected chi connectivity index (χ4v) is 3.07. The molecule has 1 aromatic carbocycles. The van der Waals surface area contributed by atoms with E-state index in [1.807, 2.05) is 18.3 Å². The van der Waals surface area contributed by atoms with Crippen LogP contribution in [-0.4, -0.2) is 4.98 Å². The number of aromatic nitrogens is 1. The highest BCUT2D eigenvalue weighted by molar-refractivity contribution is 7.98. The van der Waals surface area contributed by atoms with Crippen LogP contribution in [0.1, 0.15) is 22.3 Å². The molecule has 0 fully saturated rings. The van der Waals surface area contributed by atoms with E-state index in [-0.39, 0.29) is 12.4 Å². The molecule has 0 atom stereocenters. The molecular formula is C15H18ClNS. The van der Waals surface area contributed by atoms with Gasteiger partial charge in [0.25, 0.3) is 0 Å². The van der Waals surface area contributed by atoms with Crippen LogP contribution in [-0.2, 0) is 5.75 Å². The molecule has 0 aliphatic carbocycles. The number of halogens is 1. The van der Waals surface area contributed by atoms with Crippen molar-refractivity contribution in [3.63, 3.8) is 0 Å². The van der Waals surface area contributed by atoms with Crippen molar-refractivity contribution in [2.45, 2.75) is 31.6 Å². The quantitative estimate of drug-likeness (QED) is 0.754. The number of benzene rings is 1. The second kappa shape index (κ2) is 6.81. The van der Waals surface area contributed by atoms with E-state index in [1.54, 1.807) is 11.8 Å². The molecule has 0 saturated carbocycles. The molecule has 1 nitrogen and oxygen atoms in total. The fourth-order valence-electron chi connectivity index (χ4n) is 2.02. The molecule has 3 heteroatoms. The lowest BCUT2D eigenvalue weighted by Gasteiger charge is -2.10. The van der Waals surface area contributed by atoms with Gasteiger partial charge in [0, 0.05) is 11.9 Å². The first kappa shape index (κ1) is 15.1. The summed E-state index contributed by atoms with van der Waals surface area (Å²) in [6.07, 6.45) is 1.84. The van der Waals surface area contributed by atoms with E-state index < -0.39 is 0 Å². The number of hydrogen-bond donors (Lipinski definition) is 0. The maximum atomic E-state index is 4.33. The summed E-state index contributed by atoms with van der Waals surface area (Å²) >= 11 is 1.80. The number of aryl methyl sites for hydroxylation is 3. The van der Waals surface area contributed by atoms with Gasteiger partial charge in [-0.3, -0.25) is 0 Å². The average Bonchev–Trinajstić information content (AvgIpc) is 2.29. The van der Waals surface area contributed by atoms with E-state index in [4.69, 9.17) is 0 Å². The molecule has 0 aliphatic heterocycles. The highest BCUT2D eigenvalue weighted by Gasteiger charge is 2.04. The minimum atomic E-state index is 0. The monoisotopic (exact) mass is 279 g/mol. The maximum absolute atomic E-state index is 4.33. The highest BCUT2D eigenvalue weighted by Crippen LogP contribution is 2.25. The third kappa shape index (κ3) is 3.76. The second-order valence-electron chi connectivity index (χ2n) is 4.33. The standard InChI is InChI=1S/C15H17NS.ClH/c1-11-8-12(2)14(13(3)9-11)10-17-15-6-4-5-7-16-15;/h4-9H,10H2,1-3H3;1H. The van der Waals surface area contributed by atoms with Gasteiger partial charge in [-0.05, 0) is 49.6 Å². The summed E-state index contributed by atoms with van der Waals surface area (Å²) in [7, 11) is 0. The molecule has 0 unspecified atom stereocenters. The van der Waals surface area contributed by atoms with Crippen molar-refractivity contribution < 1.29 is 0 Å². The van der Waals surface area contributed by atoms with Crippen LogP contribution < -0.4 is 0 Å². The lowest BCUT2D eigenvalue weighted by molar-refractivity contribution is 1.12. The fraction of sp³-hybridized carbons (Fsp3) is 0.267. The van der Waals surface area contributed by atoms with Gasteiger partial charge in [-0.1, -0.05) is 23.8 Å². The Hall–Kier alpha value is -0.990. The van der Waals surface area contributed by atoms with Crippen LogP contribution in [0, 0.1) is 20.8 Å². The van der Waals surface area contributed by atoms with Gasteiger partial charge < -0.3 is 0 Å². The van der Waals surface area contributed by atoms with Crippen molar-refractivity contribution in [1.29, 1.82) is 0 Å². The third-order valence-electron chi connectivity index (χ3n) is 2.84. The lowest BCUT2D eigenvalue weighted by atomic mass is 10.0. The van der Waals surface area contributed by atoms with Crippen LogP contribution >= 0.6 is 24.2 Å². The molecular weight excluding hydrogens is 262 g/mol. The van der Waals surface area contributed by atoms with E-state index in [9.17, 15) is 0 Å². The largest absolute Gasteiger partial charge is 0.250 e. The molecule has 2 rings (SSSR count). The van der Waals surface area contributed by atoms with Crippen LogP contribution in [0.15, 0.2) is 41.6 Å². The molecule has 0 N–H and O–H groups in total. The Labute approximate surface area is 119 Å². The molecule has 0 saturated heterocycles. The molecule has 0 radical (unpaired) electrons. The van der Waals surface area contributed by atoms with E-state index in [2.05, 4.69) is 44.0 Å². The van der Waals surface area contributed by atoms with Crippen molar-refractivity contribution in [2.75, 3.05) is 0 Å². The number of nitrogens with zero attached hydrogens (tertiary/aromatic N) is 1. The Bertz CT molecular complexity index is 488. The van der Waals surface area contributed by atoms with Crippen LogP contribution in [0.4, 0.5) is 0 Å². The molecule has 0 spiro atoms. The molecule has 96 valence electrons. The summed E-state index contributed by atoms with van der Waals surface area (Å²) in [6, 6.07) is 10.5. The lowest BCUT2D eigenvalue weighted by Crippen LogP contribution is -1.93. The van der Waals surface area contributed by atoms with Gasteiger partial charge in [-0.25, -0.2) is 4.98 Å². The zero-order valence-corrected chi connectivity index (χ0v) is 12.6. The Morgan fingerprint density at radius 1 is 1.06 bits per heavy atom. The van der Waals surface area contributed by atoms with Gasteiger partial charge in [0.2, 0.25) is 0 Å². The minimum absolute atomic E-state index is 0. The predicted molar refractivity (Wildman–Crippen MR) is 81.7 cm³/mol. The molecule has 18 heavy (non-hydrogen) atoms. The first-order chi connectivity index (χ1) is 8.16. The summed E-state index contributed by atoms with van der Waals surface area (Å²) in [4.78, 5) is 4.33. The first-order valence-corrected chi connectivity index (χ1v) is 6.76. The molecule has 0 aliphatic rings. The summed E-state index contributed by atoms with van der Waals surface area (Å²) in [5, 5.41) is 1.09. The van der Waals surface area contributed by atoms with Crippen LogP contribution in [0.25, 0.3) is 0 Å². The van der Waals surface area contributed by atoms with E-state index in [1.165, 1.54) is 22.3 Å². The normalized spacial score (nSPS) is 9.94. The topological polar surface area (TPSA) is 12.9 Å². The smallest absolute Gasteiger partial charge is 0.0963 e. The van der Waals surface area contributed by atoms with E-state index in [0.717, 1.165) is 10.8 Å². The van der Waals surface area contributed by atoms with Gasteiger partial charge >= 0.3 is 0 Å². The van der Waals surface area contributed by atoms with E-state index in [0.29, 0.717) is 0 Å². The molecule has 1 aromatic heterocycles. The second-order valence-corrected chi connectivity index (χ2v) is 5.33. The van der Waals surface area contributed by atoms with Gasteiger partial charge in [-0.15, -0.1) is 24.2 Å². The molecule has 0 bridgehead atoms. The van der Waals surface area contributed by atoms with Crippen molar-refractivity contribution in [3.8, 4) is 0 Å². The number of hydrogen-bond acceptors (Lipinski definition) is 2. The van der Waals surface area contributed by atoms with Gasteiger partial charge in [0.15, 0.2) is 0 Å².